The third-order valence-electron chi connectivity index (χ3n) is 7.30. The number of amides is 1. The monoisotopic (exact) mass is 600 g/mol. The van der Waals surface area contributed by atoms with Crippen LogP contribution in [-0.2, 0) is 16.4 Å². The summed E-state index contributed by atoms with van der Waals surface area (Å²) in [5, 5.41) is 2.92. The molecule has 10 heteroatoms. The summed E-state index contributed by atoms with van der Waals surface area (Å²) < 4.78 is 35.6. The number of nitrogens with one attached hydrogen (secondary N) is 2. The zero-order chi connectivity index (χ0) is 30.1. The Morgan fingerprint density at radius 2 is 1.62 bits per heavy atom. The van der Waals surface area contributed by atoms with E-state index >= 15 is 0 Å². The molecule has 1 amide bonds. The van der Waals surface area contributed by atoms with Crippen LogP contribution in [0.25, 0.3) is 11.3 Å². The number of hydrogen-bond donors (Lipinski definition) is 2. The highest BCUT2D eigenvalue weighted by molar-refractivity contribution is 7.92. The second-order valence-corrected chi connectivity index (χ2v) is 19.2. The smallest absolute Gasteiger partial charge is 0.264 e. The topological polar surface area (TPSA) is 110 Å². The van der Waals surface area contributed by atoms with E-state index in [1.165, 1.54) is 29.8 Å². The number of aromatic nitrogens is 2. The lowest BCUT2D eigenvalue weighted by atomic mass is 10.00. The maximum atomic E-state index is 13.3. The van der Waals surface area contributed by atoms with Crippen molar-refractivity contribution in [3.05, 3.63) is 101 Å². The van der Waals surface area contributed by atoms with Gasteiger partial charge in [0.05, 0.1) is 17.1 Å². The first kappa shape index (κ1) is 29.5. The molecule has 5 rings (SSSR count). The molecule has 8 nitrogen and oxygen atoms in total. The lowest BCUT2D eigenvalue weighted by Gasteiger charge is -2.21. The molecule has 0 spiro atoms. The van der Waals surface area contributed by atoms with Gasteiger partial charge in [0, 0.05) is 25.3 Å². The van der Waals surface area contributed by atoms with Crippen LogP contribution in [0.4, 0.5) is 5.95 Å². The second kappa shape index (κ2) is 11.7. The van der Waals surface area contributed by atoms with Crippen LogP contribution in [0.5, 0.6) is 5.88 Å². The molecule has 3 aromatic carbocycles. The summed E-state index contributed by atoms with van der Waals surface area (Å²) in [5.41, 5.74) is 5.71. The van der Waals surface area contributed by atoms with Crippen LogP contribution < -0.4 is 14.8 Å². The van der Waals surface area contributed by atoms with Crippen molar-refractivity contribution in [3.8, 4) is 17.1 Å². The Balaban J connectivity index is 1.59. The molecular weight excluding hydrogens is 565 g/mol. The highest BCUT2D eigenvalue weighted by Crippen LogP contribution is 2.31. The average Bonchev–Trinajstić information content (AvgIpc) is 2.93. The van der Waals surface area contributed by atoms with Crippen molar-refractivity contribution >= 4 is 30.0 Å². The van der Waals surface area contributed by atoms with Gasteiger partial charge in [-0.15, -0.1) is 0 Å². The molecule has 4 aromatic rings. The fraction of sp³-hybridized carbons (Fsp3) is 0.281. The zero-order valence-corrected chi connectivity index (χ0v) is 26.4. The number of ether oxygens (including phenoxy) is 1. The van der Waals surface area contributed by atoms with Gasteiger partial charge in [0.15, 0.2) is 0 Å². The van der Waals surface area contributed by atoms with Gasteiger partial charge in [-0.1, -0.05) is 74.2 Å². The van der Waals surface area contributed by atoms with Crippen molar-refractivity contribution < 1.29 is 17.9 Å². The molecule has 0 saturated heterocycles. The van der Waals surface area contributed by atoms with Gasteiger partial charge >= 0.3 is 0 Å². The third-order valence-corrected chi connectivity index (χ3v) is 10.4. The molecule has 42 heavy (non-hydrogen) atoms. The molecule has 0 radical (unpaired) electrons. The quantitative estimate of drug-likeness (QED) is 0.260. The molecule has 1 aliphatic heterocycles. The minimum atomic E-state index is -4.10. The molecule has 2 N–H and O–H groups in total. The van der Waals surface area contributed by atoms with Crippen LogP contribution in [0.3, 0.4) is 0 Å². The number of aryl methyl sites for hydroxylation is 3. The SMILES string of the molecule is Cc1cccc(C)c1-c1cc2nc(n1)NS(=O)(=O)c1cccc(c1)C(=O)NC[C@@H](c1ccc(CC[Si](C)(C)C)cc1)O2. The number of nitrogens with zero attached hydrogens (tertiary/aromatic N) is 2. The Kier molecular flexibility index (Phi) is 8.20. The van der Waals surface area contributed by atoms with E-state index < -0.39 is 30.1 Å². The Morgan fingerprint density at radius 1 is 0.929 bits per heavy atom. The zero-order valence-electron chi connectivity index (χ0n) is 24.6. The first-order chi connectivity index (χ1) is 19.9. The molecule has 1 atom stereocenters. The predicted octanol–water partition coefficient (Wildman–Crippen LogP) is 6.31. The van der Waals surface area contributed by atoms with Gasteiger partial charge in [-0.05, 0) is 60.7 Å². The fourth-order valence-corrected chi connectivity index (χ4v) is 6.97. The number of carbonyl (C=O) groups is 1. The minimum absolute atomic E-state index is 0.0663. The van der Waals surface area contributed by atoms with Crippen molar-refractivity contribution in [3.63, 3.8) is 0 Å². The normalized spacial score (nSPS) is 16.6. The van der Waals surface area contributed by atoms with E-state index in [1.54, 1.807) is 12.1 Å². The van der Waals surface area contributed by atoms with Crippen molar-refractivity contribution in [2.24, 2.45) is 0 Å². The maximum Gasteiger partial charge on any atom is 0.264 e. The molecule has 4 bridgehead atoms. The number of sulfonamides is 1. The van der Waals surface area contributed by atoms with Gasteiger partial charge in [-0.2, -0.15) is 4.98 Å². The van der Waals surface area contributed by atoms with Gasteiger partial charge in [0.2, 0.25) is 11.8 Å². The highest BCUT2D eigenvalue weighted by Gasteiger charge is 2.24. The van der Waals surface area contributed by atoms with Gasteiger partial charge in [-0.3, -0.25) is 4.79 Å². The largest absolute Gasteiger partial charge is 0.467 e. The summed E-state index contributed by atoms with van der Waals surface area (Å²) in [6.45, 7) is 11.2. The van der Waals surface area contributed by atoms with Crippen LogP contribution >= 0.6 is 0 Å². The van der Waals surface area contributed by atoms with Gasteiger partial charge < -0.3 is 10.1 Å². The number of carbonyl (C=O) groups excluding carboxylic acids is 1. The lowest BCUT2D eigenvalue weighted by molar-refractivity contribution is 0.0925. The van der Waals surface area contributed by atoms with Gasteiger partial charge in [0.25, 0.3) is 15.9 Å². The van der Waals surface area contributed by atoms with Crippen LogP contribution in [0.15, 0.2) is 77.7 Å². The summed E-state index contributed by atoms with van der Waals surface area (Å²) in [6, 6.07) is 23.0. The van der Waals surface area contributed by atoms with Crippen LogP contribution in [0, 0.1) is 13.8 Å². The Hall–Kier alpha value is -4.02. The fourth-order valence-electron chi connectivity index (χ4n) is 4.94. The first-order valence-electron chi connectivity index (χ1n) is 14.0. The van der Waals surface area contributed by atoms with Crippen molar-refractivity contribution in [1.29, 1.82) is 0 Å². The van der Waals surface area contributed by atoms with Gasteiger partial charge in [-0.25, -0.2) is 18.1 Å². The molecule has 0 unspecified atom stereocenters. The predicted molar refractivity (Wildman–Crippen MR) is 168 cm³/mol. The van der Waals surface area contributed by atoms with E-state index in [9.17, 15) is 13.2 Å². The Labute approximate surface area is 248 Å². The third kappa shape index (κ3) is 6.88. The molecule has 2 heterocycles. The van der Waals surface area contributed by atoms with Crippen molar-refractivity contribution in [1.82, 2.24) is 15.3 Å². The molecule has 0 fully saturated rings. The van der Waals surface area contributed by atoms with Crippen LogP contribution in [-0.4, -0.2) is 38.9 Å². The summed E-state index contributed by atoms with van der Waals surface area (Å²) >= 11 is 0. The maximum absolute atomic E-state index is 13.3. The lowest BCUT2D eigenvalue weighted by Crippen LogP contribution is -2.31. The first-order valence-corrected chi connectivity index (χ1v) is 19.2. The molecule has 218 valence electrons. The van der Waals surface area contributed by atoms with Crippen molar-refractivity contribution in [2.45, 2.75) is 57.0 Å². The number of fused-ring (bicyclic) bond motifs is 4. The van der Waals surface area contributed by atoms with Crippen LogP contribution in [0.1, 0.15) is 38.7 Å². The van der Waals surface area contributed by atoms with Crippen molar-refractivity contribution in [2.75, 3.05) is 11.3 Å². The van der Waals surface area contributed by atoms with E-state index in [-0.39, 0.29) is 28.8 Å². The summed E-state index contributed by atoms with van der Waals surface area (Å²) in [5.74, 6) is -0.330. The number of anilines is 1. The molecule has 1 aromatic heterocycles. The average molecular weight is 601 g/mol. The van der Waals surface area contributed by atoms with E-state index in [4.69, 9.17) is 4.74 Å². The molecule has 0 saturated carbocycles. The summed E-state index contributed by atoms with van der Waals surface area (Å²) in [7, 11) is -5.27. The Morgan fingerprint density at radius 3 is 2.31 bits per heavy atom. The summed E-state index contributed by atoms with van der Waals surface area (Å²) in [4.78, 5) is 22.1. The molecule has 0 aliphatic carbocycles. The number of benzene rings is 3. The van der Waals surface area contributed by atoms with Crippen LogP contribution in [0.2, 0.25) is 25.7 Å². The minimum Gasteiger partial charge on any atom is -0.467 e. The second-order valence-electron chi connectivity index (χ2n) is 11.9. The number of rotatable bonds is 5. The Bertz CT molecular complexity index is 1710. The van der Waals surface area contributed by atoms with Gasteiger partial charge in [0.1, 0.15) is 6.10 Å². The number of hydrogen-bond acceptors (Lipinski definition) is 6. The van der Waals surface area contributed by atoms with E-state index in [0.29, 0.717) is 5.69 Å². The highest BCUT2D eigenvalue weighted by atomic mass is 32.2. The van der Waals surface area contributed by atoms with E-state index in [1.807, 2.05) is 44.2 Å². The summed E-state index contributed by atoms with van der Waals surface area (Å²) in [6.07, 6.45) is 0.428. The molecule has 1 aliphatic rings. The standard InChI is InChI=1S/C32H36N4O4SSi/c1-21-8-6-9-22(2)30(21)27-19-29-35-32(34-27)36-41(38,39)26-11-7-10-25(18-26)31(37)33-20-28(40-29)24-14-12-23(13-15-24)16-17-42(3,4)5/h6-15,18-19,28H,16-17,20H2,1-5H3,(H,33,37)(H,34,35,36)/t28-/m0/s1. The molecular formula is C32H36N4O4SSi. The van der Waals surface area contributed by atoms with E-state index in [0.717, 1.165) is 28.7 Å². The van der Waals surface area contributed by atoms with E-state index in [2.05, 4.69) is 51.8 Å².